The summed E-state index contributed by atoms with van der Waals surface area (Å²) in [6.07, 6.45) is 9.64. The van der Waals surface area contributed by atoms with E-state index in [1.165, 1.54) is 62.5 Å². The van der Waals surface area contributed by atoms with Crippen molar-refractivity contribution >= 4 is 15.9 Å². The lowest BCUT2D eigenvalue weighted by atomic mass is 10.1. The van der Waals surface area contributed by atoms with Gasteiger partial charge < -0.3 is 21.5 Å². The molecule has 0 spiro atoms. The first-order chi connectivity index (χ1) is 7.18. The fraction of sp³-hybridized carbons (Fsp3) is 1.00. The predicted molar refractivity (Wildman–Crippen MR) is 73.4 cm³/mol. The Morgan fingerprint density at radius 2 is 1.25 bits per heavy atom. The standard InChI is InChI=1S/C13H29BrN.BrH/c1-4-6-8-10-12-15(3,13-14)11-9-7-5-2;/h4-13H2,1-3H3;1H/q+1;/p-1. The molecule has 0 aromatic carbocycles. The minimum atomic E-state index is 0. The SMILES string of the molecule is CCCCCC[N+](C)(CBr)CCCCC.[Br-]. The summed E-state index contributed by atoms with van der Waals surface area (Å²) in [7, 11) is 2.39. The Hall–Kier alpha value is 0.920. The van der Waals surface area contributed by atoms with Gasteiger partial charge in [-0.25, -0.2) is 0 Å². The minimum absolute atomic E-state index is 0. The topological polar surface area (TPSA) is 0 Å². The Morgan fingerprint density at radius 1 is 0.812 bits per heavy atom. The molecule has 1 nitrogen and oxygen atoms in total. The monoisotopic (exact) mass is 357 g/mol. The van der Waals surface area contributed by atoms with Crippen LogP contribution in [0.4, 0.5) is 0 Å². The molecule has 0 heterocycles. The molecule has 0 aliphatic heterocycles. The summed E-state index contributed by atoms with van der Waals surface area (Å²) in [5, 5.41) is 0. The second kappa shape index (κ2) is 12.4. The second-order valence-electron chi connectivity index (χ2n) is 4.95. The number of hydrogen-bond acceptors (Lipinski definition) is 0. The summed E-state index contributed by atoms with van der Waals surface area (Å²) in [6.45, 7) is 7.24. The third-order valence-electron chi connectivity index (χ3n) is 3.14. The Balaban J connectivity index is 0. The lowest BCUT2D eigenvalue weighted by Gasteiger charge is -2.32. The first-order valence-electron chi connectivity index (χ1n) is 6.58. The fourth-order valence-corrected chi connectivity index (χ4v) is 2.40. The van der Waals surface area contributed by atoms with E-state index in [9.17, 15) is 0 Å². The number of halogens is 2. The van der Waals surface area contributed by atoms with Crippen molar-refractivity contribution in [1.82, 2.24) is 0 Å². The van der Waals surface area contributed by atoms with Gasteiger partial charge in [-0.1, -0.05) is 33.1 Å². The fourth-order valence-electron chi connectivity index (χ4n) is 1.90. The summed E-state index contributed by atoms with van der Waals surface area (Å²) in [6, 6.07) is 0. The smallest absolute Gasteiger partial charge is 0.134 e. The van der Waals surface area contributed by atoms with Gasteiger partial charge in [-0.15, -0.1) is 0 Å². The molecule has 1 unspecified atom stereocenters. The minimum Gasteiger partial charge on any atom is -1.00 e. The van der Waals surface area contributed by atoms with Gasteiger partial charge in [-0.3, -0.25) is 0 Å². The quantitative estimate of drug-likeness (QED) is 0.240. The molecule has 16 heavy (non-hydrogen) atoms. The number of nitrogens with zero attached hydrogens (tertiary/aromatic N) is 1. The number of hydrogen-bond donors (Lipinski definition) is 0. The van der Waals surface area contributed by atoms with Gasteiger partial charge in [0.1, 0.15) is 5.45 Å². The molecule has 0 N–H and O–H groups in total. The third kappa shape index (κ3) is 10.1. The largest absolute Gasteiger partial charge is 1.00 e. The molecule has 0 radical (unpaired) electrons. The van der Waals surface area contributed by atoms with Crippen LogP contribution in [0.15, 0.2) is 0 Å². The van der Waals surface area contributed by atoms with Crippen molar-refractivity contribution in [3.05, 3.63) is 0 Å². The van der Waals surface area contributed by atoms with Crippen LogP contribution in [0.2, 0.25) is 0 Å². The average Bonchev–Trinajstić information content (AvgIpc) is 2.25. The van der Waals surface area contributed by atoms with E-state index in [2.05, 4.69) is 36.8 Å². The van der Waals surface area contributed by atoms with Crippen molar-refractivity contribution in [3.8, 4) is 0 Å². The van der Waals surface area contributed by atoms with Crippen molar-refractivity contribution in [1.29, 1.82) is 0 Å². The molecule has 1 atom stereocenters. The van der Waals surface area contributed by atoms with Crippen molar-refractivity contribution in [2.24, 2.45) is 0 Å². The van der Waals surface area contributed by atoms with Crippen molar-refractivity contribution in [2.75, 3.05) is 25.6 Å². The van der Waals surface area contributed by atoms with Gasteiger partial charge in [-0.05, 0) is 41.6 Å². The van der Waals surface area contributed by atoms with E-state index in [0.717, 1.165) is 5.45 Å². The third-order valence-corrected chi connectivity index (χ3v) is 4.35. The van der Waals surface area contributed by atoms with Crippen LogP contribution in [0.3, 0.4) is 0 Å². The number of alkyl halides is 1. The highest BCUT2D eigenvalue weighted by molar-refractivity contribution is 9.09. The number of rotatable bonds is 10. The van der Waals surface area contributed by atoms with Crippen LogP contribution in [0.5, 0.6) is 0 Å². The zero-order chi connectivity index (χ0) is 11.6. The average molecular weight is 359 g/mol. The summed E-state index contributed by atoms with van der Waals surface area (Å²) in [4.78, 5) is 0. The number of unbranched alkanes of at least 4 members (excludes halogenated alkanes) is 5. The lowest BCUT2D eigenvalue weighted by molar-refractivity contribution is -0.896. The highest BCUT2D eigenvalue weighted by atomic mass is 79.9. The molecule has 0 aliphatic carbocycles. The lowest BCUT2D eigenvalue weighted by Crippen LogP contribution is -3.00. The molecule has 3 heteroatoms. The van der Waals surface area contributed by atoms with E-state index in [-0.39, 0.29) is 17.0 Å². The normalized spacial score (nSPS) is 14.2. The highest BCUT2D eigenvalue weighted by Crippen LogP contribution is 2.12. The molecule has 0 aliphatic rings. The van der Waals surface area contributed by atoms with Gasteiger partial charge in [0.25, 0.3) is 0 Å². The van der Waals surface area contributed by atoms with Crippen LogP contribution in [-0.2, 0) is 0 Å². The molecule has 0 bridgehead atoms. The maximum Gasteiger partial charge on any atom is 0.134 e. The number of quaternary nitrogens is 1. The maximum absolute atomic E-state index is 3.67. The molecule has 0 saturated heterocycles. The predicted octanol–water partition coefficient (Wildman–Crippen LogP) is 1.56. The van der Waals surface area contributed by atoms with Crippen molar-refractivity contribution in [3.63, 3.8) is 0 Å². The van der Waals surface area contributed by atoms with Crippen LogP contribution in [0, 0.1) is 0 Å². The van der Waals surface area contributed by atoms with Crippen molar-refractivity contribution < 1.29 is 21.5 Å². The zero-order valence-electron chi connectivity index (χ0n) is 11.3. The van der Waals surface area contributed by atoms with Crippen LogP contribution >= 0.6 is 15.9 Å². The van der Waals surface area contributed by atoms with Gasteiger partial charge in [0.2, 0.25) is 0 Å². The summed E-state index contributed by atoms with van der Waals surface area (Å²) in [5.74, 6) is 0. The summed E-state index contributed by atoms with van der Waals surface area (Å²) < 4.78 is 1.21. The second-order valence-corrected chi connectivity index (χ2v) is 5.46. The zero-order valence-corrected chi connectivity index (χ0v) is 14.4. The van der Waals surface area contributed by atoms with Gasteiger partial charge in [-0.2, -0.15) is 0 Å². The molecular weight excluding hydrogens is 330 g/mol. The van der Waals surface area contributed by atoms with Crippen LogP contribution < -0.4 is 17.0 Å². The summed E-state index contributed by atoms with van der Waals surface area (Å²) >= 11 is 3.67. The Kier molecular flexibility index (Phi) is 14.9. The Morgan fingerprint density at radius 3 is 1.69 bits per heavy atom. The highest BCUT2D eigenvalue weighted by Gasteiger charge is 2.18. The van der Waals surface area contributed by atoms with Crippen molar-refractivity contribution in [2.45, 2.75) is 58.8 Å². The van der Waals surface area contributed by atoms with E-state index < -0.39 is 0 Å². The molecular formula is C13H29Br2N. The van der Waals surface area contributed by atoms with Gasteiger partial charge >= 0.3 is 0 Å². The van der Waals surface area contributed by atoms with E-state index in [1.807, 2.05) is 0 Å². The van der Waals surface area contributed by atoms with E-state index in [4.69, 9.17) is 0 Å². The van der Waals surface area contributed by atoms with E-state index >= 15 is 0 Å². The Labute approximate surface area is 121 Å². The molecule has 0 amide bonds. The van der Waals surface area contributed by atoms with E-state index in [1.54, 1.807) is 0 Å². The first kappa shape index (κ1) is 19.3. The molecule has 0 aromatic heterocycles. The van der Waals surface area contributed by atoms with Gasteiger partial charge in [0.05, 0.1) is 20.1 Å². The van der Waals surface area contributed by atoms with E-state index in [0.29, 0.717) is 0 Å². The molecule has 100 valence electrons. The van der Waals surface area contributed by atoms with Crippen LogP contribution in [0.25, 0.3) is 0 Å². The summed E-state index contributed by atoms with van der Waals surface area (Å²) in [5.41, 5.74) is 1.11. The molecule has 0 aromatic rings. The molecule has 0 saturated carbocycles. The van der Waals surface area contributed by atoms with Crippen LogP contribution in [-0.4, -0.2) is 30.1 Å². The van der Waals surface area contributed by atoms with Gasteiger partial charge in [0.15, 0.2) is 0 Å². The van der Waals surface area contributed by atoms with Crippen LogP contribution in [0.1, 0.15) is 58.8 Å². The maximum atomic E-state index is 3.67. The molecule has 0 rings (SSSR count). The Bertz CT molecular complexity index is 142. The molecule has 0 fully saturated rings. The van der Waals surface area contributed by atoms with Gasteiger partial charge in [0, 0.05) is 0 Å². The first-order valence-corrected chi connectivity index (χ1v) is 7.70.